The van der Waals surface area contributed by atoms with Gasteiger partial charge in [-0.3, -0.25) is 0 Å². The molecule has 2 aromatic carbocycles. The molecule has 0 nitrogen and oxygen atoms in total. The van der Waals surface area contributed by atoms with Crippen molar-refractivity contribution in [3.63, 3.8) is 0 Å². The minimum absolute atomic E-state index is 0.796. The maximum atomic E-state index is 7.26. The fourth-order valence-corrected chi connectivity index (χ4v) is 3.38. The lowest BCUT2D eigenvalue weighted by Crippen LogP contribution is -2.24. The number of alkyl halides is 1. The van der Waals surface area contributed by atoms with Crippen molar-refractivity contribution >= 4 is 17.7 Å². The van der Waals surface area contributed by atoms with E-state index in [-0.39, 0.29) is 0 Å². The molecular weight excluding hydrogens is 312 g/mol. The lowest BCUT2D eigenvalue weighted by atomic mass is 9.81. The Kier molecular flexibility index (Phi) is 6.00. The average molecular weight is 335 g/mol. The normalized spacial score (nSPS) is 14.4. The van der Waals surface area contributed by atoms with E-state index in [1.54, 1.807) is 12.2 Å². The Balaban J connectivity index is 2.71. The number of benzene rings is 2. The first-order chi connectivity index (χ1) is 11.6. The highest BCUT2D eigenvalue weighted by molar-refractivity contribution is 6.28. The molecule has 0 aliphatic heterocycles. The number of rotatable bonds is 6. The topological polar surface area (TPSA) is 0 Å². The van der Waals surface area contributed by atoms with Crippen LogP contribution in [0.2, 0.25) is 0 Å². The number of halogens is 1. The molecule has 1 unspecified atom stereocenters. The van der Waals surface area contributed by atoms with Crippen molar-refractivity contribution in [2.75, 3.05) is 0 Å². The van der Waals surface area contributed by atoms with Crippen LogP contribution in [0.1, 0.15) is 29.2 Å². The third kappa shape index (κ3) is 3.44. The summed E-state index contributed by atoms with van der Waals surface area (Å²) < 4.78 is 0. The molecule has 0 aromatic heterocycles. The molecule has 0 amide bonds. The van der Waals surface area contributed by atoms with Crippen LogP contribution in [-0.2, 0) is 4.87 Å². The number of allylic oxidation sites excluding steroid dienone is 5. The molecule has 0 radical (unpaired) electrons. The van der Waals surface area contributed by atoms with Gasteiger partial charge in [0.1, 0.15) is 4.87 Å². The first kappa shape index (κ1) is 18.0. The summed E-state index contributed by atoms with van der Waals surface area (Å²) in [5.74, 6) is 0. The predicted molar refractivity (Wildman–Crippen MR) is 107 cm³/mol. The van der Waals surface area contributed by atoms with Gasteiger partial charge in [-0.1, -0.05) is 92.1 Å². The van der Waals surface area contributed by atoms with Gasteiger partial charge < -0.3 is 0 Å². The monoisotopic (exact) mass is 334 g/mol. The summed E-state index contributed by atoms with van der Waals surface area (Å²) in [6.45, 7) is 11.9. The molecule has 2 aromatic rings. The first-order valence-corrected chi connectivity index (χ1v) is 8.39. The molecule has 0 aliphatic rings. The Hall–Kier alpha value is -2.31. The number of hydrogen-bond acceptors (Lipinski definition) is 0. The fourth-order valence-electron chi connectivity index (χ4n) is 2.90. The van der Waals surface area contributed by atoms with Gasteiger partial charge in [-0.25, -0.2) is 0 Å². The lowest BCUT2D eigenvalue weighted by Gasteiger charge is -2.31. The van der Waals surface area contributed by atoms with Crippen molar-refractivity contribution in [2.45, 2.75) is 18.7 Å². The number of hydrogen-bond donors (Lipinski definition) is 0. The molecule has 0 aliphatic carbocycles. The van der Waals surface area contributed by atoms with Crippen molar-refractivity contribution in [3.05, 3.63) is 114 Å². The quantitative estimate of drug-likeness (QED) is 0.402. The third-order valence-electron chi connectivity index (χ3n) is 4.10. The second kappa shape index (κ2) is 7.99. The van der Waals surface area contributed by atoms with Gasteiger partial charge in [-0.05, 0) is 41.7 Å². The molecule has 0 saturated heterocycles. The van der Waals surface area contributed by atoms with E-state index in [1.165, 1.54) is 0 Å². The summed E-state index contributed by atoms with van der Waals surface area (Å²) in [5, 5.41) is 0. The smallest absolute Gasteiger partial charge is 0.104 e. The summed E-state index contributed by atoms with van der Waals surface area (Å²) in [7, 11) is 0. The van der Waals surface area contributed by atoms with Crippen LogP contribution >= 0.6 is 11.6 Å². The largest absolute Gasteiger partial charge is 0.120 e. The Morgan fingerprint density at radius 3 is 2.25 bits per heavy atom. The molecule has 0 bridgehead atoms. The van der Waals surface area contributed by atoms with E-state index >= 15 is 0 Å². The van der Waals surface area contributed by atoms with Crippen molar-refractivity contribution in [3.8, 4) is 0 Å². The molecule has 0 heterocycles. The van der Waals surface area contributed by atoms with Crippen LogP contribution < -0.4 is 0 Å². The number of aryl methyl sites for hydroxylation is 1. The summed E-state index contributed by atoms with van der Waals surface area (Å²) in [5.41, 5.74) is 5.27. The molecule has 0 saturated carbocycles. The van der Waals surface area contributed by atoms with E-state index in [9.17, 15) is 0 Å². The highest BCUT2D eigenvalue weighted by atomic mass is 35.5. The van der Waals surface area contributed by atoms with Crippen molar-refractivity contribution in [2.24, 2.45) is 0 Å². The standard InChI is InChI=1S/C23H23Cl/c1-5-10-19-14-16-21(17-15-19)23(24,20(7-3)11-6-2)22-13-9-8-12-18(22)4/h5-17H,2-3H2,1,4H3/b10-5+,20-11+. The molecule has 0 fully saturated rings. The zero-order valence-electron chi connectivity index (χ0n) is 14.3. The van der Waals surface area contributed by atoms with E-state index in [4.69, 9.17) is 11.6 Å². The van der Waals surface area contributed by atoms with E-state index in [0.29, 0.717) is 0 Å². The minimum atomic E-state index is -0.796. The van der Waals surface area contributed by atoms with Gasteiger partial charge in [-0.15, -0.1) is 11.6 Å². The van der Waals surface area contributed by atoms with Crippen LogP contribution in [0.5, 0.6) is 0 Å². The molecule has 2 rings (SSSR count). The van der Waals surface area contributed by atoms with E-state index < -0.39 is 4.87 Å². The summed E-state index contributed by atoms with van der Waals surface area (Å²) in [6.07, 6.45) is 9.58. The fraction of sp³-hybridized carbons (Fsp3) is 0.130. The first-order valence-electron chi connectivity index (χ1n) is 8.01. The Labute approximate surface area is 150 Å². The zero-order valence-corrected chi connectivity index (χ0v) is 15.1. The third-order valence-corrected chi connectivity index (χ3v) is 4.74. The van der Waals surface area contributed by atoms with Crippen molar-refractivity contribution in [1.82, 2.24) is 0 Å². The highest BCUT2D eigenvalue weighted by Gasteiger charge is 2.35. The van der Waals surface area contributed by atoms with Crippen LogP contribution in [0, 0.1) is 6.92 Å². The van der Waals surface area contributed by atoms with Gasteiger partial charge in [0, 0.05) is 0 Å². The SMILES string of the molecule is C=C/C=C(\C=C)C(Cl)(c1ccc(/C=C/C)cc1)c1ccccc1C. The second-order valence-electron chi connectivity index (χ2n) is 5.66. The molecular formula is C23H23Cl. The second-order valence-corrected chi connectivity index (χ2v) is 6.22. The van der Waals surface area contributed by atoms with Crippen molar-refractivity contribution < 1.29 is 0 Å². The van der Waals surface area contributed by atoms with Gasteiger partial charge in [-0.2, -0.15) is 0 Å². The predicted octanol–water partition coefficient (Wildman–Crippen LogP) is 6.81. The van der Waals surface area contributed by atoms with Crippen LogP contribution in [0.3, 0.4) is 0 Å². The van der Waals surface area contributed by atoms with Gasteiger partial charge in [0.25, 0.3) is 0 Å². The molecule has 1 heteroatoms. The molecule has 24 heavy (non-hydrogen) atoms. The maximum absolute atomic E-state index is 7.26. The van der Waals surface area contributed by atoms with Gasteiger partial charge in [0.15, 0.2) is 0 Å². The molecule has 0 N–H and O–H groups in total. The van der Waals surface area contributed by atoms with E-state index in [1.807, 2.05) is 31.2 Å². The van der Waals surface area contributed by atoms with Crippen LogP contribution in [0.25, 0.3) is 6.08 Å². The Morgan fingerprint density at radius 2 is 1.71 bits per heavy atom. The van der Waals surface area contributed by atoms with E-state index in [2.05, 4.69) is 62.6 Å². The summed E-state index contributed by atoms with van der Waals surface area (Å²) >= 11 is 7.26. The maximum Gasteiger partial charge on any atom is 0.120 e. The molecule has 122 valence electrons. The van der Waals surface area contributed by atoms with Crippen LogP contribution in [-0.4, -0.2) is 0 Å². The average Bonchev–Trinajstić information content (AvgIpc) is 2.60. The van der Waals surface area contributed by atoms with Gasteiger partial charge in [0.2, 0.25) is 0 Å². The zero-order chi connectivity index (χ0) is 17.6. The minimum Gasteiger partial charge on any atom is -0.104 e. The molecule has 0 spiro atoms. The summed E-state index contributed by atoms with van der Waals surface area (Å²) in [4.78, 5) is -0.796. The summed E-state index contributed by atoms with van der Waals surface area (Å²) in [6, 6.07) is 16.5. The highest BCUT2D eigenvalue weighted by Crippen LogP contribution is 2.45. The van der Waals surface area contributed by atoms with Crippen LogP contribution in [0.4, 0.5) is 0 Å². The Bertz CT molecular complexity index is 778. The van der Waals surface area contributed by atoms with E-state index in [0.717, 1.165) is 27.8 Å². The van der Waals surface area contributed by atoms with Crippen molar-refractivity contribution in [1.29, 1.82) is 0 Å². The van der Waals surface area contributed by atoms with Gasteiger partial charge >= 0.3 is 0 Å². The Morgan fingerprint density at radius 1 is 1.04 bits per heavy atom. The van der Waals surface area contributed by atoms with Crippen LogP contribution in [0.15, 0.2) is 91.6 Å². The lowest BCUT2D eigenvalue weighted by molar-refractivity contribution is 0.868. The molecule has 1 atom stereocenters. The van der Waals surface area contributed by atoms with Gasteiger partial charge in [0.05, 0.1) is 0 Å².